The smallest absolute Gasteiger partial charge is 0.410 e. The fourth-order valence-electron chi connectivity index (χ4n) is 5.07. The summed E-state index contributed by atoms with van der Waals surface area (Å²) >= 11 is 6.77. The van der Waals surface area contributed by atoms with Gasteiger partial charge in [0.15, 0.2) is 0 Å². The molecule has 0 spiro atoms. The van der Waals surface area contributed by atoms with Gasteiger partial charge in [-0.3, -0.25) is 4.90 Å². The molecule has 1 unspecified atom stereocenters. The Bertz CT molecular complexity index is 703. The van der Waals surface area contributed by atoms with E-state index in [2.05, 4.69) is 48.5 Å². The summed E-state index contributed by atoms with van der Waals surface area (Å²) in [5.41, 5.74) is 1.55. The number of hydrogen-bond acceptors (Lipinski definition) is 2. The number of benzene rings is 1. The van der Waals surface area contributed by atoms with E-state index >= 15 is 0 Å². The highest BCUT2D eigenvalue weighted by Gasteiger charge is 2.50. The quantitative estimate of drug-likeness (QED) is 0.488. The van der Waals surface area contributed by atoms with Gasteiger partial charge >= 0.3 is 6.09 Å². The molecule has 1 aromatic carbocycles. The lowest BCUT2D eigenvalue weighted by Gasteiger charge is -2.49. The summed E-state index contributed by atoms with van der Waals surface area (Å²) in [6.45, 7) is 15.9. The highest BCUT2D eigenvalue weighted by molar-refractivity contribution is 6.90. The first-order chi connectivity index (χ1) is 12.6. The van der Waals surface area contributed by atoms with Crippen LogP contribution in [-0.2, 0) is 0 Å². The number of allylic oxidation sites excluding steroid dienone is 2. The van der Waals surface area contributed by atoms with Crippen LogP contribution >= 0.6 is 11.6 Å². The van der Waals surface area contributed by atoms with Crippen molar-refractivity contribution in [3.8, 4) is 5.75 Å². The summed E-state index contributed by atoms with van der Waals surface area (Å²) in [6.07, 6.45) is 3.24. The summed E-state index contributed by atoms with van der Waals surface area (Å²) in [4.78, 5) is 14.6. The molecule has 0 fully saturated rings. The van der Waals surface area contributed by atoms with Crippen molar-refractivity contribution in [2.75, 3.05) is 0 Å². The van der Waals surface area contributed by atoms with Crippen LogP contribution in [0.3, 0.4) is 0 Å². The second-order valence-electron chi connectivity index (χ2n) is 8.24. The SMILES string of the molecule is CC1C([Si](C(C)C)(C(C)C)C(C)C)=C(Cl)C=CN1C(=O)Oc1ccccc1. The third kappa shape index (κ3) is 4.02. The van der Waals surface area contributed by atoms with Crippen LogP contribution in [0, 0.1) is 0 Å². The van der Waals surface area contributed by atoms with Gasteiger partial charge in [0.2, 0.25) is 0 Å². The van der Waals surface area contributed by atoms with Crippen molar-refractivity contribution in [1.29, 1.82) is 0 Å². The largest absolute Gasteiger partial charge is 0.419 e. The van der Waals surface area contributed by atoms with E-state index in [-0.39, 0.29) is 12.1 Å². The van der Waals surface area contributed by atoms with Gasteiger partial charge in [-0.1, -0.05) is 71.3 Å². The Labute approximate surface area is 170 Å². The van der Waals surface area contributed by atoms with E-state index in [1.54, 1.807) is 23.2 Å². The molecule has 5 heteroatoms. The predicted octanol–water partition coefficient (Wildman–Crippen LogP) is 7.11. The van der Waals surface area contributed by atoms with Crippen molar-refractivity contribution in [2.24, 2.45) is 0 Å². The van der Waals surface area contributed by atoms with Gasteiger partial charge in [0.1, 0.15) is 5.75 Å². The van der Waals surface area contributed by atoms with Crippen LogP contribution in [0.15, 0.2) is 52.8 Å². The molecule has 1 atom stereocenters. The van der Waals surface area contributed by atoms with Crippen LogP contribution in [-0.4, -0.2) is 25.1 Å². The molecule has 0 N–H and O–H groups in total. The topological polar surface area (TPSA) is 29.5 Å². The zero-order valence-electron chi connectivity index (χ0n) is 17.5. The first kappa shape index (κ1) is 21.8. The summed E-state index contributed by atoms with van der Waals surface area (Å²) in [5.74, 6) is 0.547. The molecular formula is C22H32ClNO2Si. The molecule has 1 aliphatic heterocycles. The van der Waals surface area contributed by atoms with Gasteiger partial charge in [-0.05, 0) is 47.0 Å². The first-order valence-electron chi connectivity index (χ1n) is 9.77. The second kappa shape index (κ2) is 8.66. The molecule has 1 aliphatic rings. The average Bonchev–Trinajstić information content (AvgIpc) is 2.58. The Morgan fingerprint density at radius 1 is 1.04 bits per heavy atom. The van der Waals surface area contributed by atoms with Crippen molar-refractivity contribution in [3.05, 3.63) is 52.8 Å². The predicted molar refractivity (Wildman–Crippen MR) is 117 cm³/mol. The van der Waals surface area contributed by atoms with Crippen LogP contribution < -0.4 is 4.74 Å². The minimum absolute atomic E-state index is 0.113. The third-order valence-corrected chi connectivity index (χ3v) is 13.8. The number of ether oxygens (including phenoxy) is 1. The van der Waals surface area contributed by atoms with E-state index in [9.17, 15) is 4.79 Å². The molecule has 0 bridgehead atoms. The summed E-state index contributed by atoms with van der Waals surface area (Å²) in [6, 6.07) is 9.07. The Balaban J connectivity index is 2.42. The maximum atomic E-state index is 12.9. The van der Waals surface area contributed by atoms with Gasteiger partial charge in [0.25, 0.3) is 0 Å². The molecule has 148 valence electrons. The van der Waals surface area contributed by atoms with E-state index in [0.29, 0.717) is 22.4 Å². The van der Waals surface area contributed by atoms with Gasteiger partial charge in [-0.2, -0.15) is 0 Å². The van der Waals surface area contributed by atoms with E-state index in [1.807, 2.05) is 24.3 Å². The van der Waals surface area contributed by atoms with Crippen molar-refractivity contribution in [1.82, 2.24) is 4.90 Å². The second-order valence-corrected chi connectivity index (χ2v) is 14.5. The van der Waals surface area contributed by atoms with Gasteiger partial charge in [-0.15, -0.1) is 0 Å². The minimum atomic E-state index is -1.99. The number of carbonyl (C=O) groups excluding carboxylic acids is 1. The van der Waals surface area contributed by atoms with Gasteiger partial charge < -0.3 is 4.74 Å². The zero-order chi connectivity index (χ0) is 20.4. The summed E-state index contributed by atoms with van der Waals surface area (Å²) in [5, 5.41) is 2.06. The number of amides is 1. The molecule has 0 saturated carbocycles. The number of halogens is 1. The average molecular weight is 406 g/mol. The molecule has 27 heavy (non-hydrogen) atoms. The minimum Gasteiger partial charge on any atom is -0.410 e. The number of rotatable bonds is 5. The molecular weight excluding hydrogens is 374 g/mol. The van der Waals surface area contributed by atoms with Crippen molar-refractivity contribution in [3.63, 3.8) is 0 Å². The molecule has 1 aromatic rings. The Kier molecular flexibility index (Phi) is 6.98. The molecule has 0 aromatic heterocycles. The molecule has 2 rings (SSSR count). The maximum absolute atomic E-state index is 12.9. The van der Waals surface area contributed by atoms with E-state index < -0.39 is 8.07 Å². The Hall–Kier alpha value is -1.52. The van der Waals surface area contributed by atoms with Gasteiger partial charge in [-0.25, -0.2) is 4.79 Å². The monoisotopic (exact) mass is 405 g/mol. The molecule has 1 heterocycles. The lowest BCUT2D eigenvalue weighted by molar-refractivity contribution is 0.162. The van der Waals surface area contributed by atoms with Crippen LogP contribution in [0.2, 0.25) is 16.6 Å². The van der Waals surface area contributed by atoms with Crippen LogP contribution in [0.1, 0.15) is 48.5 Å². The summed E-state index contributed by atoms with van der Waals surface area (Å²) < 4.78 is 5.59. The van der Waals surface area contributed by atoms with Crippen molar-refractivity contribution >= 4 is 25.8 Å². The zero-order valence-corrected chi connectivity index (χ0v) is 19.2. The van der Waals surface area contributed by atoms with Crippen LogP contribution in [0.5, 0.6) is 5.75 Å². The fourth-order valence-corrected chi connectivity index (χ4v) is 13.0. The van der Waals surface area contributed by atoms with Crippen molar-refractivity contribution < 1.29 is 9.53 Å². The number of para-hydroxylation sites is 1. The van der Waals surface area contributed by atoms with Gasteiger partial charge in [0, 0.05) is 11.2 Å². The normalized spacial score (nSPS) is 18.0. The Morgan fingerprint density at radius 3 is 2.04 bits per heavy atom. The lowest BCUT2D eigenvalue weighted by Crippen LogP contribution is -2.54. The van der Waals surface area contributed by atoms with E-state index in [0.717, 1.165) is 5.03 Å². The number of carbonyl (C=O) groups is 1. The molecule has 0 radical (unpaired) electrons. The van der Waals surface area contributed by atoms with E-state index in [4.69, 9.17) is 16.3 Å². The molecule has 1 amide bonds. The van der Waals surface area contributed by atoms with Crippen LogP contribution in [0.25, 0.3) is 0 Å². The molecule has 0 saturated heterocycles. The number of nitrogens with zero attached hydrogens (tertiary/aromatic N) is 1. The number of hydrogen-bond donors (Lipinski definition) is 0. The van der Waals surface area contributed by atoms with Crippen LogP contribution in [0.4, 0.5) is 4.79 Å². The lowest BCUT2D eigenvalue weighted by atomic mass is 10.2. The highest BCUT2D eigenvalue weighted by Crippen LogP contribution is 2.50. The summed E-state index contributed by atoms with van der Waals surface area (Å²) in [7, 11) is -1.99. The molecule has 0 aliphatic carbocycles. The third-order valence-electron chi connectivity index (χ3n) is 5.97. The molecule has 3 nitrogen and oxygen atoms in total. The van der Waals surface area contributed by atoms with E-state index in [1.165, 1.54) is 5.20 Å². The fraction of sp³-hybridized carbons (Fsp3) is 0.500. The van der Waals surface area contributed by atoms with Gasteiger partial charge in [0.05, 0.1) is 14.1 Å². The standard InChI is InChI=1S/C22H32ClNO2Si/c1-15(2)27(16(3)4,17(5)6)21-18(7)24(14-13-20(21)23)22(25)26-19-11-9-8-10-12-19/h8-18H,1-7H3. The highest BCUT2D eigenvalue weighted by atomic mass is 35.5. The Morgan fingerprint density at radius 2 is 1.56 bits per heavy atom. The maximum Gasteiger partial charge on any atom is 0.419 e. The first-order valence-corrected chi connectivity index (χ1v) is 12.4. The van der Waals surface area contributed by atoms with Crippen molar-refractivity contribution in [2.45, 2.75) is 71.1 Å².